The summed E-state index contributed by atoms with van der Waals surface area (Å²) in [6.07, 6.45) is -0.284. The van der Waals surface area contributed by atoms with Gasteiger partial charge < -0.3 is 14.7 Å². The standard InChI is InChI=1S/C14H20N4O2/c1-9-10(2)16-17-13(12(9)5-15)18-6-11(7-19)20-14(3,4)8-18/h11,19H,6-8H2,1-4H3. The Hall–Kier alpha value is -1.71. The number of ether oxygens (including phenoxy) is 1. The smallest absolute Gasteiger partial charge is 0.169 e. The molecule has 1 saturated heterocycles. The Bertz CT molecular complexity index is 551. The maximum Gasteiger partial charge on any atom is 0.169 e. The number of nitrogens with zero attached hydrogens (tertiary/aromatic N) is 4. The van der Waals surface area contributed by atoms with Crippen LogP contribution < -0.4 is 4.90 Å². The van der Waals surface area contributed by atoms with E-state index in [0.29, 0.717) is 24.5 Å². The molecule has 0 spiro atoms. The van der Waals surface area contributed by atoms with Crippen molar-refractivity contribution in [2.75, 3.05) is 24.6 Å². The summed E-state index contributed by atoms with van der Waals surface area (Å²) in [7, 11) is 0. The Morgan fingerprint density at radius 3 is 2.75 bits per heavy atom. The number of aromatic nitrogens is 2. The topological polar surface area (TPSA) is 82.3 Å². The van der Waals surface area contributed by atoms with E-state index >= 15 is 0 Å². The lowest BCUT2D eigenvalue weighted by molar-refractivity contribution is -0.101. The molecule has 1 aromatic rings. The summed E-state index contributed by atoms with van der Waals surface area (Å²) in [5.74, 6) is 0.574. The molecule has 1 N–H and O–H groups in total. The van der Waals surface area contributed by atoms with E-state index in [4.69, 9.17) is 4.74 Å². The van der Waals surface area contributed by atoms with Crippen LogP contribution in [0.4, 0.5) is 5.82 Å². The third-order valence-corrected chi connectivity index (χ3v) is 3.53. The molecule has 6 nitrogen and oxygen atoms in total. The molecule has 2 rings (SSSR count). The first kappa shape index (κ1) is 14.7. The van der Waals surface area contributed by atoms with Crippen molar-refractivity contribution in [1.29, 1.82) is 5.26 Å². The minimum Gasteiger partial charge on any atom is -0.394 e. The molecule has 1 aliphatic rings. The van der Waals surface area contributed by atoms with E-state index in [1.807, 2.05) is 32.6 Å². The van der Waals surface area contributed by atoms with E-state index in [1.54, 1.807) is 0 Å². The highest BCUT2D eigenvalue weighted by Gasteiger charge is 2.35. The van der Waals surface area contributed by atoms with Gasteiger partial charge in [0.15, 0.2) is 5.82 Å². The summed E-state index contributed by atoms with van der Waals surface area (Å²) < 4.78 is 5.78. The molecule has 0 aromatic carbocycles. The van der Waals surface area contributed by atoms with Gasteiger partial charge in [0.25, 0.3) is 0 Å². The summed E-state index contributed by atoms with van der Waals surface area (Å²) in [5.41, 5.74) is 1.75. The number of hydrogen-bond donors (Lipinski definition) is 1. The van der Waals surface area contributed by atoms with Crippen LogP contribution in [-0.4, -0.2) is 46.7 Å². The number of morpholine rings is 1. The SMILES string of the molecule is Cc1nnc(N2CC(CO)OC(C)(C)C2)c(C#N)c1C. The van der Waals surface area contributed by atoms with E-state index in [9.17, 15) is 10.4 Å². The fourth-order valence-corrected chi connectivity index (χ4v) is 2.50. The molecule has 1 atom stereocenters. The van der Waals surface area contributed by atoms with Gasteiger partial charge in [-0.3, -0.25) is 0 Å². The normalized spacial score (nSPS) is 21.6. The van der Waals surface area contributed by atoms with Gasteiger partial charge in [0.05, 0.1) is 24.0 Å². The second-order valence-corrected chi connectivity index (χ2v) is 5.78. The average Bonchev–Trinajstić information content (AvgIpc) is 2.39. The predicted molar refractivity (Wildman–Crippen MR) is 74.5 cm³/mol. The lowest BCUT2D eigenvalue weighted by Crippen LogP contribution is -2.54. The summed E-state index contributed by atoms with van der Waals surface area (Å²) in [5, 5.41) is 27.0. The van der Waals surface area contributed by atoms with Crippen LogP contribution in [0.1, 0.15) is 30.7 Å². The first-order valence-corrected chi connectivity index (χ1v) is 6.65. The van der Waals surface area contributed by atoms with Gasteiger partial charge in [0, 0.05) is 13.1 Å². The fraction of sp³-hybridized carbons (Fsp3) is 0.643. The van der Waals surface area contributed by atoms with Gasteiger partial charge in [-0.15, -0.1) is 5.10 Å². The zero-order valence-corrected chi connectivity index (χ0v) is 12.3. The summed E-state index contributed by atoms with van der Waals surface area (Å²) >= 11 is 0. The molecule has 0 bridgehead atoms. The maximum absolute atomic E-state index is 9.38. The van der Waals surface area contributed by atoms with Crippen LogP contribution in [0.5, 0.6) is 0 Å². The number of aliphatic hydroxyl groups excluding tert-OH is 1. The van der Waals surface area contributed by atoms with E-state index in [1.165, 1.54) is 0 Å². The van der Waals surface area contributed by atoms with Crippen LogP contribution in [0.3, 0.4) is 0 Å². The van der Waals surface area contributed by atoms with Crippen molar-refractivity contribution in [3.63, 3.8) is 0 Å². The minimum atomic E-state index is -0.404. The zero-order chi connectivity index (χ0) is 14.9. The highest BCUT2D eigenvalue weighted by Crippen LogP contribution is 2.28. The Labute approximate surface area is 119 Å². The summed E-state index contributed by atoms with van der Waals surface area (Å²) in [6, 6.07) is 2.21. The van der Waals surface area contributed by atoms with Crippen LogP contribution >= 0.6 is 0 Å². The van der Waals surface area contributed by atoms with Crippen molar-refractivity contribution in [2.45, 2.75) is 39.4 Å². The Balaban J connectivity index is 2.41. The zero-order valence-electron chi connectivity index (χ0n) is 12.3. The molecule has 0 amide bonds. The van der Waals surface area contributed by atoms with E-state index in [0.717, 1.165) is 11.3 Å². The Morgan fingerprint density at radius 1 is 1.45 bits per heavy atom. The van der Waals surface area contributed by atoms with Crippen LogP contribution in [-0.2, 0) is 4.74 Å². The maximum atomic E-state index is 9.38. The van der Waals surface area contributed by atoms with Crippen molar-refractivity contribution in [3.05, 3.63) is 16.8 Å². The molecule has 1 fully saturated rings. The minimum absolute atomic E-state index is 0.0555. The number of hydrogen-bond acceptors (Lipinski definition) is 6. The second-order valence-electron chi connectivity index (χ2n) is 5.78. The predicted octanol–water partition coefficient (Wildman–Crippen LogP) is 0.941. The van der Waals surface area contributed by atoms with Gasteiger partial charge >= 0.3 is 0 Å². The van der Waals surface area contributed by atoms with Crippen molar-refractivity contribution in [2.24, 2.45) is 0 Å². The van der Waals surface area contributed by atoms with Crippen LogP contribution in [0.2, 0.25) is 0 Å². The molecule has 0 radical (unpaired) electrons. The second kappa shape index (κ2) is 5.35. The van der Waals surface area contributed by atoms with Gasteiger partial charge in [-0.1, -0.05) is 0 Å². The van der Waals surface area contributed by atoms with E-state index in [2.05, 4.69) is 16.3 Å². The Kier molecular flexibility index (Phi) is 3.93. The third kappa shape index (κ3) is 2.74. The van der Waals surface area contributed by atoms with Crippen LogP contribution in [0.25, 0.3) is 0 Å². The lowest BCUT2D eigenvalue weighted by Gasteiger charge is -2.42. The van der Waals surface area contributed by atoms with Gasteiger partial charge in [0.1, 0.15) is 11.6 Å². The highest BCUT2D eigenvalue weighted by atomic mass is 16.5. The van der Waals surface area contributed by atoms with Gasteiger partial charge in [0.2, 0.25) is 0 Å². The monoisotopic (exact) mass is 276 g/mol. The molecule has 1 unspecified atom stereocenters. The molecular weight excluding hydrogens is 256 g/mol. The van der Waals surface area contributed by atoms with Crippen LogP contribution in [0, 0.1) is 25.2 Å². The first-order valence-electron chi connectivity index (χ1n) is 6.65. The summed E-state index contributed by atoms with van der Waals surface area (Å²) in [6.45, 7) is 8.69. The number of aliphatic hydroxyl groups is 1. The molecule has 1 aromatic heterocycles. The number of nitriles is 1. The quantitative estimate of drug-likeness (QED) is 0.865. The molecule has 20 heavy (non-hydrogen) atoms. The molecule has 6 heteroatoms. The third-order valence-electron chi connectivity index (χ3n) is 3.53. The van der Waals surface area contributed by atoms with Crippen LogP contribution in [0.15, 0.2) is 0 Å². The van der Waals surface area contributed by atoms with Gasteiger partial charge in [-0.05, 0) is 33.3 Å². The number of rotatable bonds is 2. The molecule has 2 heterocycles. The van der Waals surface area contributed by atoms with E-state index in [-0.39, 0.29) is 12.7 Å². The van der Waals surface area contributed by atoms with E-state index < -0.39 is 5.60 Å². The average molecular weight is 276 g/mol. The fourth-order valence-electron chi connectivity index (χ4n) is 2.50. The number of anilines is 1. The molecular formula is C14H20N4O2. The largest absolute Gasteiger partial charge is 0.394 e. The first-order chi connectivity index (χ1) is 9.38. The van der Waals surface area contributed by atoms with Crippen molar-refractivity contribution >= 4 is 5.82 Å². The lowest BCUT2D eigenvalue weighted by atomic mass is 10.0. The number of aryl methyl sites for hydroxylation is 1. The molecule has 108 valence electrons. The molecule has 0 aliphatic carbocycles. The highest BCUT2D eigenvalue weighted by molar-refractivity contribution is 5.58. The van der Waals surface area contributed by atoms with Crippen molar-refractivity contribution in [1.82, 2.24) is 10.2 Å². The van der Waals surface area contributed by atoms with Gasteiger partial charge in [-0.25, -0.2) is 0 Å². The van der Waals surface area contributed by atoms with Crippen molar-refractivity contribution in [3.8, 4) is 6.07 Å². The van der Waals surface area contributed by atoms with Crippen molar-refractivity contribution < 1.29 is 9.84 Å². The Morgan fingerprint density at radius 2 is 2.15 bits per heavy atom. The summed E-state index contributed by atoms with van der Waals surface area (Å²) in [4.78, 5) is 1.97. The molecule has 0 saturated carbocycles. The van der Waals surface area contributed by atoms with Gasteiger partial charge in [-0.2, -0.15) is 10.4 Å². The molecule has 1 aliphatic heterocycles.